The van der Waals surface area contributed by atoms with Gasteiger partial charge in [0.05, 0.1) is 12.1 Å². The molecule has 7 heteroatoms. The predicted octanol–water partition coefficient (Wildman–Crippen LogP) is 3.86. The van der Waals surface area contributed by atoms with Crippen molar-refractivity contribution in [3.8, 4) is 0 Å². The third-order valence-electron chi connectivity index (χ3n) is 6.28. The summed E-state index contributed by atoms with van der Waals surface area (Å²) in [5, 5.41) is 3.07. The molecular weight excluding hydrogens is 407 g/mol. The molecule has 0 bridgehead atoms. The smallest absolute Gasteiger partial charge is 0.318 e. The third kappa shape index (κ3) is 3.75. The number of urea groups is 1. The number of nitrogens with one attached hydrogen (secondary N) is 1. The molecule has 1 fully saturated rings. The van der Waals surface area contributed by atoms with Crippen molar-refractivity contribution in [3.63, 3.8) is 0 Å². The Morgan fingerprint density at radius 2 is 1.78 bits per heavy atom. The van der Waals surface area contributed by atoms with Crippen LogP contribution in [0.5, 0.6) is 0 Å². The van der Waals surface area contributed by atoms with Crippen molar-refractivity contribution in [1.82, 2.24) is 14.8 Å². The Morgan fingerprint density at radius 1 is 1.03 bits per heavy atom. The summed E-state index contributed by atoms with van der Waals surface area (Å²) in [6, 6.07) is 17.3. The van der Waals surface area contributed by atoms with Gasteiger partial charge in [-0.15, -0.1) is 0 Å². The third-order valence-corrected chi connectivity index (χ3v) is 6.28. The van der Waals surface area contributed by atoms with Gasteiger partial charge < -0.3 is 19.7 Å². The average Bonchev–Trinajstić information content (AvgIpc) is 3.40. The van der Waals surface area contributed by atoms with Crippen molar-refractivity contribution >= 4 is 17.6 Å². The van der Waals surface area contributed by atoms with Gasteiger partial charge in [0.2, 0.25) is 5.91 Å². The molecule has 2 aliphatic rings. The van der Waals surface area contributed by atoms with Crippen LogP contribution in [0.3, 0.4) is 0 Å². The highest BCUT2D eigenvalue weighted by atomic mass is 19.1. The predicted molar refractivity (Wildman–Crippen MR) is 120 cm³/mol. The average molecular weight is 432 g/mol. The number of hydrogen-bond acceptors (Lipinski definition) is 2. The molecule has 6 nitrogen and oxygen atoms in total. The van der Waals surface area contributed by atoms with Crippen LogP contribution in [0, 0.1) is 12.7 Å². The first-order valence-corrected chi connectivity index (χ1v) is 10.8. The van der Waals surface area contributed by atoms with Gasteiger partial charge in [-0.05, 0) is 48.9 Å². The van der Waals surface area contributed by atoms with E-state index in [-0.39, 0.29) is 36.3 Å². The molecule has 164 valence electrons. The molecule has 1 aromatic heterocycles. The molecule has 1 saturated heterocycles. The lowest BCUT2D eigenvalue weighted by molar-refractivity contribution is -0.117. The summed E-state index contributed by atoms with van der Waals surface area (Å²) < 4.78 is 15.6. The Morgan fingerprint density at radius 3 is 2.53 bits per heavy atom. The number of aromatic nitrogens is 1. The summed E-state index contributed by atoms with van der Waals surface area (Å²) in [4.78, 5) is 29.4. The Balaban J connectivity index is 1.35. The van der Waals surface area contributed by atoms with Crippen LogP contribution in [0.15, 0.2) is 66.9 Å². The molecule has 3 heterocycles. The number of carbonyl (C=O) groups excluding carboxylic acids is 2. The second kappa shape index (κ2) is 8.15. The van der Waals surface area contributed by atoms with Crippen LogP contribution in [0.2, 0.25) is 0 Å². The first-order valence-electron chi connectivity index (χ1n) is 10.8. The number of hydrogen-bond donors (Lipinski definition) is 1. The van der Waals surface area contributed by atoms with Gasteiger partial charge in [0.25, 0.3) is 0 Å². The SMILES string of the molecule is Cc1ccc(N2CC(NC(=O)N3CCn4cccc4C3c3ccc(F)cc3)CC2=O)cc1. The second-order valence-corrected chi connectivity index (χ2v) is 8.46. The summed E-state index contributed by atoms with van der Waals surface area (Å²) in [5.74, 6) is -0.307. The van der Waals surface area contributed by atoms with Crippen LogP contribution in [0.25, 0.3) is 0 Å². The Labute approximate surface area is 186 Å². The lowest BCUT2D eigenvalue weighted by atomic mass is 10.00. The van der Waals surface area contributed by atoms with Crippen molar-refractivity contribution in [1.29, 1.82) is 0 Å². The van der Waals surface area contributed by atoms with Crippen LogP contribution in [-0.2, 0) is 11.3 Å². The van der Waals surface area contributed by atoms with Gasteiger partial charge in [-0.1, -0.05) is 29.8 Å². The molecule has 2 aromatic carbocycles. The van der Waals surface area contributed by atoms with Crippen molar-refractivity contribution in [2.24, 2.45) is 0 Å². The maximum Gasteiger partial charge on any atom is 0.318 e. The van der Waals surface area contributed by atoms with Gasteiger partial charge >= 0.3 is 6.03 Å². The minimum absolute atomic E-state index is 0.00163. The van der Waals surface area contributed by atoms with E-state index in [0.29, 0.717) is 19.6 Å². The number of anilines is 1. The fourth-order valence-corrected chi connectivity index (χ4v) is 4.63. The highest BCUT2D eigenvalue weighted by Gasteiger charge is 2.36. The van der Waals surface area contributed by atoms with Gasteiger partial charge in [-0.2, -0.15) is 0 Å². The monoisotopic (exact) mass is 432 g/mol. The minimum atomic E-state index is -0.315. The molecule has 0 aliphatic carbocycles. The normalized spacial score (nSPS) is 20.4. The van der Waals surface area contributed by atoms with Gasteiger partial charge in [-0.25, -0.2) is 9.18 Å². The molecule has 1 N–H and O–H groups in total. The minimum Gasteiger partial charge on any atom is -0.348 e. The Kier molecular flexibility index (Phi) is 5.17. The zero-order valence-electron chi connectivity index (χ0n) is 17.9. The molecule has 0 saturated carbocycles. The van der Waals surface area contributed by atoms with E-state index in [9.17, 15) is 14.0 Å². The maximum atomic E-state index is 13.5. The van der Waals surface area contributed by atoms with Gasteiger partial charge in [0.15, 0.2) is 0 Å². The van der Waals surface area contributed by atoms with Gasteiger partial charge in [0, 0.05) is 43.6 Å². The maximum absolute atomic E-state index is 13.5. The molecular formula is C25H25FN4O2. The van der Waals surface area contributed by atoms with Crippen molar-refractivity contribution in [3.05, 3.63) is 89.5 Å². The molecule has 32 heavy (non-hydrogen) atoms. The van der Waals surface area contributed by atoms with E-state index in [2.05, 4.69) is 9.88 Å². The summed E-state index contributed by atoms with van der Waals surface area (Å²) in [6.45, 7) is 3.66. The quantitative estimate of drug-likeness (QED) is 0.683. The largest absolute Gasteiger partial charge is 0.348 e. The van der Waals surface area contributed by atoms with Crippen molar-refractivity contribution < 1.29 is 14.0 Å². The fraction of sp³-hybridized carbons (Fsp3) is 0.280. The van der Waals surface area contributed by atoms with Crippen molar-refractivity contribution in [2.75, 3.05) is 18.0 Å². The Hall–Kier alpha value is -3.61. The highest BCUT2D eigenvalue weighted by Crippen LogP contribution is 2.33. The molecule has 2 atom stereocenters. The van der Waals surface area contributed by atoms with E-state index in [0.717, 1.165) is 22.5 Å². The number of amides is 3. The van der Waals surface area contributed by atoms with Gasteiger partial charge in [-0.3, -0.25) is 4.79 Å². The lowest BCUT2D eigenvalue weighted by Crippen LogP contribution is -2.50. The number of benzene rings is 2. The van der Waals surface area contributed by atoms with Crippen LogP contribution in [0.4, 0.5) is 14.9 Å². The summed E-state index contributed by atoms with van der Waals surface area (Å²) in [5.41, 5.74) is 3.82. The lowest BCUT2D eigenvalue weighted by Gasteiger charge is -2.37. The standard InChI is InChI=1S/C25H25FN4O2/c1-17-4-10-21(11-5-17)30-16-20(15-23(30)31)27-25(32)29-14-13-28-12-2-3-22(28)24(29)18-6-8-19(26)9-7-18/h2-12,20,24H,13-16H2,1H3,(H,27,32). The summed E-state index contributed by atoms with van der Waals surface area (Å²) in [6.07, 6.45) is 2.27. The number of rotatable bonds is 3. The topological polar surface area (TPSA) is 57.6 Å². The zero-order chi connectivity index (χ0) is 22.2. The van der Waals surface area contributed by atoms with E-state index in [1.54, 1.807) is 21.9 Å². The van der Waals surface area contributed by atoms with E-state index < -0.39 is 0 Å². The fourth-order valence-electron chi connectivity index (χ4n) is 4.63. The summed E-state index contributed by atoms with van der Waals surface area (Å²) >= 11 is 0. The molecule has 3 aromatic rings. The van der Waals surface area contributed by atoms with Crippen LogP contribution < -0.4 is 10.2 Å². The molecule has 0 radical (unpaired) electrons. The number of nitrogens with zero attached hydrogens (tertiary/aromatic N) is 3. The van der Waals surface area contributed by atoms with E-state index in [1.165, 1.54) is 12.1 Å². The van der Waals surface area contributed by atoms with Crippen LogP contribution >= 0.6 is 0 Å². The molecule has 0 spiro atoms. The van der Waals surface area contributed by atoms with E-state index in [4.69, 9.17) is 0 Å². The van der Waals surface area contributed by atoms with Crippen LogP contribution in [-0.4, -0.2) is 40.5 Å². The first-order chi connectivity index (χ1) is 15.5. The van der Waals surface area contributed by atoms with E-state index in [1.807, 2.05) is 49.5 Å². The van der Waals surface area contributed by atoms with Crippen molar-refractivity contribution in [2.45, 2.75) is 32.0 Å². The molecule has 2 aliphatic heterocycles. The molecule has 3 amide bonds. The molecule has 5 rings (SSSR count). The van der Waals surface area contributed by atoms with Gasteiger partial charge in [0.1, 0.15) is 5.82 Å². The van der Waals surface area contributed by atoms with Crippen LogP contribution in [0.1, 0.15) is 29.3 Å². The van der Waals surface area contributed by atoms with E-state index >= 15 is 0 Å². The number of fused-ring (bicyclic) bond motifs is 1. The zero-order valence-corrected chi connectivity index (χ0v) is 17.9. The Bertz CT molecular complexity index is 1140. The summed E-state index contributed by atoms with van der Waals surface area (Å²) in [7, 11) is 0. The first kappa shape index (κ1) is 20.3. The number of aryl methyl sites for hydroxylation is 1. The second-order valence-electron chi connectivity index (χ2n) is 8.46. The number of carbonyl (C=O) groups is 2. The number of halogens is 1. The molecule has 2 unspecified atom stereocenters. The highest BCUT2D eigenvalue weighted by molar-refractivity contribution is 5.96.